The molecule has 0 radical (unpaired) electrons. The van der Waals surface area contributed by atoms with Crippen molar-refractivity contribution < 1.29 is 18.8 Å². The molecular weight excluding hydrogens is 346 g/mol. The SMILES string of the molecule is COC(=O)C1=C(c2c(C)noc2C)C[C@@H]2CC[C@H]1N2C(=O)N1CCCCC1. The number of carbonyl (C=O) groups is 2. The number of aryl methyl sites for hydroxylation is 2. The number of amides is 2. The molecule has 0 N–H and O–H groups in total. The lowest BCUT2D eigenvalue weighted by atomic mass is 9.87. The molecule has 0 spiro atoms. The van der Waals surface area contributed by atoms with Gasteiger partial charge in [0.1, 0.15) is 5.76 Å². The average Bonchev–Trinajstić information content (AvgIpc) is 3.18. The second kappa shape index (κ2) is 7.02. The molecule has 27 heavy (non-hydrogen) atoms. The summed E-state index contributed by atoms with van der Waals surface area (Å²) < 4.78 is 10.5. The lowest BCUT2D eigenvalue weighted by Gasteiger charge is -2.41. The van der Waals surface area contributed by atoms with Gasteiger partial charge in [-0.05, 0) is 57.9 Å². The van der Waals surface area contributed by atoms with Crippen LogP contribution in [0, 0.1) is 13.8 Å². The van der Waals surface area contributed by atoms with Crippen molar-refractivity contribution in [3.63, 3.8) is 0 Å². The zero-order valence-electron chi connectivity index (χ0n) is 16.3. The van der Waals surface area contributed by atoms with Crippen LogP contribution in [0.1, 0.15) is 55.5 Å². The van der Waals surface area contributed by atoms with Crippen LogP contribution in [0.3, 0.4) is 0 Å². The van der Waals surface area contributed by atoms with Gasteiger partial charge < -0.3 is 19.1 Å². The van der Waals surface area contributed by atoms with Gasteiger partial charge in [-0.2, -0.15) is 0 Å². The van der Waals surface area contributed by atoms with E-state index >= 15 is 0 Å². The number of carbonyl (C=O) groups excluding carboxylic acids is 2. The maximum Gasteiger partial charge on any atom is 0.336 e. The molecule has 0 aromatic carbocycles. The molecule has 0 saturated carbocycles. The Kier molecular flexibility index (Phi) is 4.70. The highest BCUT2D eigenvalue weighted by Crippen LogP contribution is 2.45. The largest absolute Gasteiger partial charge is 0.466 e. The van der Waals surface area contributed by atoms with Crippen molar-refractivity contribution in [3.8, 4) is 0 Å². The summed E-state index contributed by atoms with van der Waals surface area (Å²) in [7, 11) is 1.40. The number of piperidine rings is 1. The van der Waals surface area contributed by atoms with E-state index in [0.717, 1.165) is 55.6 Å². The molecule has 3 aliphatic heterocycles. The number of likely N-dealkylation sites (tertiary alicyclic amines) is 1. The summed E-state index contributed by atoms with van der Waals surface area (Å²) in [4.78, 5) is 29.9. The van der Waals surface area contributed by atoms with E-state index in [1.54, 1.807) is 0 Å². The molecule has 0 aliphatic carbocycles. The number of urea groups is 1. The van der Waals surface area contributed by atoms with Crippen molar-refractivity contribution in [3.05, 3.63) is 22.6 Å². The van der Waals surface area contributed by atoms with Crippen LogP contribution in [0.25, 0.3) is 5.57 Å². The Morgan fingerprint density at radius 3 is 2.52 bits per heavy atom. The third-order valence-electron chi connectivity index (χ3n) is 6.19. The van der Waals surface area contributed by atoms with Crippen molar-refractivity contribution in [2.24, 2.45) is 0 Å². The van der Waals surface area contributed by atoms with E-state index in [0.29, 0.717) is 17.8 Å². The van der Waals surface area contributed by atoms with Gasteiger partial charge in [0, 0.05) is 24.7 Å². The third kappa shape index (κ3) is 2.93. The zero-order chi connectivity index (χ0) is 19.1. The minimum absolute atomic E-state index is 0.0708. The summed E-state index contributed by atoms with van der Waals surface area (Å²) in [5.74, 6) is 0.353. The molecule has 2 saturated heterocycles. The molecule has 4 rings (SSSR count). The molecule has 1 aromatic heterocycles. The van der Waals surface area contributed by atoms with Crippen molar-refractivity contribution in [2.45, 2.75) is 64.5 Å². The minimum Gasteiger partial charge on any atom is -0.466 e. The number of ether oxygens (including phenoxy) is 1. The van der Waals surface area contributed by atoms with Gasteiger partial charge >= 0.3 is 12.0 Å². The van der Waals surface area contributed by atoms with E-state index < -0.39 is 0 Å². The van der Waals surface area contributed by atoms with Crippen LogP contribution in [-0.2, 0) is 9.53 Å². The van der Waals surface area contributed by atoms with E-state index in [2.05, 4.69) is 5.16 Å². The Labute approximate surface area is 159 Å². The first-order chi connectivity index (χ1) is 13.0. The molecule has 2 amide bonds. The van der Waals surface area contributed by atoms with Gasteiger partial charge in [-0.3, -0.25) is 0 Å². The molecule has 3 aliphatic rings. The molecule has 7 nitrogen and oxygen atoms in total. The highest BCUT2D eigenvalue weighted by atomic mass is 16.5. The molecule has 0 unspecified atom stereocenters. The van der Waals surface area contributed by atoms with Crippen LogP contribution in [0.4, 0.5) is 4.79 Å². The Morgan fingerprint density at radius 2 is 1.89 bits per heavy atom. The molecule has 2 bridgehead atoms. The van der Waals surface area contributed by atoms with E-state index in [1.165, 1.54) is 13.5 Å². The van der Waals surface area contributed by atoms with Crippen LogP contribution < -0.4 is 0 Å². The standard InChI is InChI=1S/C20H27N3O4/c1-12-17(13(2)27-21-12)15-11-14-7-8-16(18(15)19(24)26-3)23(14)20(25)22-9-5-4-6-10-22/h14,16H,4-11H2,1-3H3/t14-,16+/m0/s1. The number of fused-ring (bicyclic) bond motifs is 2. The van der Waals surface area contributed by atoms with Crippen molar-refractivity contribution in [1.29, 1.82) is 0 Å². The molecule has 4 heterocycles. The highest BCUT2D eigenvalue weighted by Gasteiger charge is 2.48. The maximum absolute atomic E-state index is 13.2. The fourth-order valence-corrected chi connectivity index (χ4v) is 4.97. The predicted octanol–water partition coefficient (Wildman–Crippen LogP) is 3.06. The minimum atomic E-state index is -0.355. The molecule has 146 valence electrons. The van der Waals surface area contributed by atoms with Gasteiger partial charge in [0.15, 0.2) is 0 Å². The summed E-state index contributed by atoms with van der Waals surface area (Å²) in [6.07, 6.45) is 5.63. The quantitative estimate of drug-likeness (QED) is 0.745. The Morgan fingerprint density at radius 1 is 1.15 bits per heavy atom. The number of aromatic nitrogens is 1. The van der Waals surface area contributed by atoms with Crippen LogP contribution in [0.15, 0.2) is 10.1 Å². The number of rotatable bonds is 2. The van der Waals surface area contributed by atoms with Crippen molar-refractivity contribution in [2.75, 3.05) is 20.2 Å². The van der Waals surface area contributed by atoms with Gasteiger partial charge in [0.2, 0.25) is 0 Å². The first-order valence-corrected chi connectivity index (χ1v) is 9.84. The number of hydrogen-bond acceptors (Lipinski definition) is 5. The Balaban J connectivity index is 1.75. The molecule has 2 fully saturated rings. The normalized spacial score (nSPS) is 25.1. The lowest BCUT2D eigenvalue weighted by molar-refractivity contribution is -0.136. The number of methoxy groups -OCH3 is 1. The number of hydrogen-bond donors (Lipinski definition) is 0. The second-order valence-electron chi connectivity index (χ2n) is 7.77. The summed E-state index contributed by atoms with van der Waals surface area (Å²) in [5.41, 5.74) is 3.22. The molecular formula is C20H27N3O4. The summed E-state index contributed by atoms with van der Waals surface area (Å²) in [6, 6.07) is -0.0442. The van der Waals surface area contributed by atoms with Gasteiger partial charge in [-0.25, -0.2) is 9.59 Å². The Hall–Kier alpha value is -2.31. The summed E-state index contributed by atoms with van der Waals surface area (Å²) in [5, 5.41) is 4.06. The first kappa shape index (κ1) is 18.1. The maximum atomic E-state index is 13.2. The van der Waals surface area contributed by atoms with Crippen LogP contribution in [0.2, 0.25) is 0 Å². The van der Waals surface area contributed by atoms with Gasteiger partial charge in [-0.15, -0.1) is 0 Å². The van der Waals surface area contributed by atoms with Crippen LogP contribution in [0.5, 0.6) is 0 Å². The summed E-state index contributed by atoms with van der Waals surface area (Å²) >= 11 is 0. The monoisotopic (exact) mass is 373 g/mol. The Bertz CT molecular complexity index is 772. The highest BCUT2D eigenvalue weighted by molar-refractivity contribution is 6.01. The topological polar surface area (TPSA) is 75.9 Å². The number of nitrogens with zero attached hydrogens (tertiary/aromatic N) is 3. The molecule has 2 atom stereocenters. The summed E-state index contributed by atoms with van der Waals surface area (Å²) in [6.45, 7) is 5.37. The fourth-order valence-electron chi connectivity index (χ4n) is 4.97. The van der Waals surface area contributed by atoms with Gasteiger partial charge in [0.05, 0.1) is 24.4 Å². The van der Waals surface area contributed by atoms with Gasteiger partial charge in [-0.1, -0.05) is 5.16 Å². The van der Waals surface area contributed by atoms with E-state index in [9.17, 15) is 9.59 Å². The van der Waals surface area contributed by atoms with Crippen molar-refractivity contribution in [1.82, 2.24) is 15.0 Å². The zero-order valence-corrected chi connectivity index (χ0v) is 16.3. The predicted molar refractivity (Wildman–Crippen MR) is 99.0 cm³/mol. The van der Waals surface area contributed by atoms with Crippen LogP contribution >= 0.6 is 0 Å². The molecule has 7 heteroatoms. The van der Waals surface area contributed by atoms with Crippen LogP contribution in [-0.4, -0.2) is 59.2 Å². The average molecular weight is 373 g/mol. The van der Waals surface area contributed by atoms with E-state index in [1.807, 2.05) is 23.6 Å². The second-order valence-corrected chi connectivity index (χ2v) is 7.77. The van der Waals surface area contributed by atoms with Crippen molar-refractivity contribution >= 4 is 17.6 Å². The number of esters is 1. The van der Waals surface area contributed by atoms with E-state index in [-0.39, 0.29) is 24.1 Å². The first-order valence-electron chi connectivity index (χ1n) is 9.84. The lowest BCUT2D eigenvalue weighted by Crippen LogP contribution is -2.53. The molecule has 1 aromatic rings. The third-order valence-corrected chi connectivity index (χ3v) is 6.19. The van der Waals surface area contributed by atoms with E-state index in [4.69, 9.17) is 9.26 Å². The smallest absolute Gasteiger partial charge is 0.336 e. The van der Waals surface area contributed by atoms with Gasteiger partial charge in [0.25, 0.3) is 0 Å². The fraction of sp³-hybridized carbons (Fsp3) is 0.650.